The van der Waals surface area contributed by atoms with Crippen LogP contribution in [0.15, 0.2) is 72.8 Å². The summed E-state index contributed by atoms with van der Waals surface area (Å²) in [5.41, 5.74) is 2.40. The summed E-state index contributed by atoms with van der Waals surface area (Å²) in [5, 5.41) is 20.2. The van der Waals surface area contributed by atoms with Crippen molar-refractivity contribution in [2.45, 2.75) is 0 Å². The minimum absolute atomic E-state index is 0.00593. The molecule has 2 N–H and O–H groups in total. The molecule has 0 bridgehead atoms. The summed E-state index contributed by atoms with van der Waals surface area (Å²) >= 11 is 0. The maximum absolute atomic E-state index is 10.1. The molecule has 0 saturated carbocycles. The molecule has 0 unspecified atom stereocenters. The van der Waals surface area contributed by atoms with Crippen LogP contribution in [0.3, 0.4) is 0 Å². The molecule has 24 heavy (non-hydrogen) atoms. The monoisotopic (exact) mass is 310 g/mol. The minimum Gasteiger partial charge on any atom is -0.507 e. The molecule has 2 heteroatoms. The van der Waals surface area contributed by atoms with Crippen molar-refractivity contribution in [3.05, 3.63) is 95.1 Å². The third kappa shape index (κ3) is 3.77. The van der Waals surface area contributed by atoms with Crippen LogP contribution in [0.2, 0.25) is 0 Å². The van der Waals surface area contributed by atoms with Gasteiger partial charge in [-0.25, -0.2) is 0 Å². The number of phenols is 2. The molecule has 3 aromatic carbocycles. The molecule has 0 aromatic heterocycles. The molecule has 0 spiro atoms. The molecule has 0 saturated heterocycles. The molecule has 3 aromatic rings. The van der Waals surface area contributed by atoms with Gasteiger partial charge in [-0.1, -0.05) is 60.1 Å². The van der Waals surface area contributed by atoms with E-state index >= 15 is 0 Å². The van der Waals surface area contributed by atoms with Crippen molar-refractivity contribution in [3.63, 3.8) is 0 Å². The summed E-state index contributed by atoms with van der Waals surface area (Å²) in [4.78, 5) is 0. The highest BCUT2D eigenvalue weighted by atomic mass is 16.3. The van der Waals surface area contributed by atoms with Gasteiger partial charge in [-0.2, -0.15) is 0 Å². The maximum atomic E-state index is 10.1. The van der Waals surface area contributed by atoms with Crippen LogP contribution >= 0.6 is 0 Å². The van der Waals surface area contributed by atoms with Gasteiger partial charge in [0.15, 0.2) is 0 Å². The molecular formula is C22H14O2. The predicted octanol–water partition coefficient (Wildman–Crippen LogP) is 3.90. The third-order valence-electron chi connectivity index (χ3n) is 3.34. The van der Waals surface area contributed by atoms with Gasteiger partial charge in [0.05, 0.1) is 11.1 Å². The van der Waals surface area contributed by atoms with E-state index in [0.717, 1.165) is 11.1 Å². The largest absolute Gasteiger partial charge is 0.507 e. The van der Waals surface area contributed by atoms with Crippen molar-refractivity contribution in [2.75, 3.05) is 0 Å². The van der Waals surface area contributed by atoms with E-state index in [2.05, 4.69) is 23.7 Å². The van der Waals surface area contributed by atoms with Gasteiger partial charge in [-0.05, 0) is 24.3 Å². The van der Waals surface area contributed by atoms with E-state index in [0.29, 0.717) is 11.1 Å². The van der Waals surface area contributed by atoms with Gasteiger partial charge in [-0.3, -0.25) is 0 Å². The average Bonchev–Trinajstić information content (AvgIpc) is 2.62. The van der Waals surface area contributed by atoms with Gasteiger partial charge in [0.25, 0.3) is 0 Å². The van der Waals surface area contributed by atoms with E-state index in [-0.39, 0.29) is 11.5 Å². The van der Waals surface area contributed by atoms with Crippen molar-refractivity contribution >= 4 is 0 Å². The second-order valence-corrected chi connectivity index (χ2v) is 5.12. The molecule has 0 heterocycles. The normalized spacial score (nSPS) is 9.33. The van der Waals surface area contributed by atoms with Crippen molar-refractivity contribution in [1.82, 2.24) is 0 Å². The van der Waals surface area contributed by atoms with Crippen LogP contribution in [0.1, 0.15) is 22.3 Å². The number of phenolic OH excluding ortho intramolecular Hbond substituents is 2. The van der Waals surface area contributed by atoms with Gasteiger partial charge in [0.2, 0.25) is 0 Å². The van der Waals surface area contributed by atoms with Crippen LogP contribution < -0.4 is 0 Å². The summed E-state index contributed by atoms with van der Waals surface area (Å²) in [7, 11) is 0. The van der Waals surface area contributed by atoms with Crippen LogP contribution in [-0.2, 0) is 0 Å². The first-order valence-electron chi connectivity index (χ1n) is 7.42. The topological polar surface area (TPSA) is 40.5 Å². The Morgan fingerprint density at radius 2 is 0.875 bits per heavy atom. The van der Waals surface area contributed by atoms with E-state index < -0.39 is 0 Å². The lowest BCUT2D eigenvalue weighted by Gasteiger charge is -2.01. The summed E-state index contributed by atoms with van der Waals surface area (Å²) in [6.07, 6.45) is 0. The van der Waals surface area contributed by atoms with Crippen molar-refractivity contribution in [3.8, 4) is 35.2 Å². The van der Waals surface area contributed by atoms with Crippen LogP contribution in [0.5, 0.6) is 11.5 Å². The standard InChI is InChI=1S/C22H14O2/c23-21-16-20(14-12-18-9-5-2-6-10-18)22(24)15-19(21)13-11-17-7-3-1-4-8-17/h1-10,15-16,23-24H. The lowest BCUT2D eigenvalue weighted by Crippen LogP contribution is -1.83. The number of benzene rings is 3. The minimum atomic E-state index is -0.00593. The van der Waals surface area contributed by atoms with E-state index in [4.69, 9.17) is 0 Å². The zero-order valence-corrected chi connectivity index (χ0v) is 12.8. The van der Waals surface area contributed by atoms with Gasteiger partial charge in [0, 0.05) is 23.3 Å². The maximum Gasteiger partial charge on any atom is 0.132 e. The van der Waals surface area contributed by atoms with E-state index in [1.165, 1.54) is 12.1 Å². The second kappa shape index (κ2) is 7.09. The molecule has 0 aliphatic rings. The molecule has 0 radical (unpaired) electrons. The number of hydrogen-bond donors (Lipinski definition) is 2. The summed E-state index contributed by atoms with van der Waals surface area (Å²) in [6, 6.07) is 21.8. The first-order valence-corrected chi connectivity index (χ1v) is 7.42. The highest BCUT2D eigenvalue weighted by Gasteiger charge is 2.05. The van der Waals surface area contributed by atoms with Crippen LogP contribution in [0, 0.1) is 23.7 Å². The molecule has 0 atom stereocenters. The molecule has 0 amide bonds. The van der Waals surface area contributed by atoms with Crippen molar-refractivity contribution in [1.29, 1.82) is 0 Å². The Kier molecular flexibility index (Phi) is 4.52. The van der Waals surface area contributed by atoms with Gasteiger partial charge in [0.1, 0.15) is 11.5 Å². The molecular weight excluding hydrogens is 296 g/mol. The Labute approximate surface area is 141 Å². The summed E-state index contributed by atoms with van der Waals surface area (Å²) < 4.78 is 0. The van der Waals surface area contributed by atoms with Crippen LogP contribution in [0.4, 0.5) is 0 Å². The quantitative estimate of drug-likeness (QED) is 0.488. The van der Waals surface area contributed by atoms with Crippen LogP contribution in [0.25, 0.3) is 0 Å². The first-order chi connectivity index (χ1) is 11.7. The molecule has 3 rings (SSSR count). The van der Waals surface area contributed by atoms with E-state index in [9.17, 15) is 10.2 Å². The zero-order chi connectivity index (χ0) is 16.8. The predicted molar refractivity (Wildman–Crippen MR) is 94.6 cm³/mol. The Morgan fingerprint density at radius 3 is 1.25 bits per heavy atom. The summed E-state index contributed by atoms with van der Waals surface area (Å²) in [5.74, 6) is 11.6. The fourth-order valence-electron chi connectivity index (χ4n) is 2.10. The lowest BCUT2D eigenvalue weighted by atomic mass is 10.1. The fraction of sp³-hybridized carbons (Fsp3) is 0. The molecule has 0 fully saturated rings. The second-order valence-electron chi connectivity index (χ2n) is 5.12. The Bertz CT molecular complexity index is 883. The first kappa shape index (κ1) is 15.3. The summed E-state index contributed by atoms with van der Waals surface area (Å²) in [6.45, 7) is 0. The molecule has 0 aliphatic heterocycles. The van der Waals surface area contributed by atoms with Gasteiger partial charge >= 0.3 is 0 Å². The zero-order valence-electron chi connectivity index (χ0n) is 12.8. The highest BCUT2D eigenvalue weighted by molar-refractivity contribution is 5.59. The SMILES string of the molecule is Oc1cc(C#Cc2ccccc2)c(O)cc1C#Cc1ccccc1. The van der Waals surface area contributed by atoms with E-state index in [1.54, 1.807) is 0 Å². The fourth-order valence-corrected chi connectivity index (χ4v) is 2.10. The smallest absolute Gasteiger partial charge is 0.132 e. The lowest BCUT2D eigenvalue weighted by molar-refractivity contribution is 0.457. The number of rotatable bonds is 0. The Balaban J connectivity index is 1.90. The van der Waals surface area contributed by atoms with E-state index in [1.807, 2.05) is 60.7 Å². The Morgan fingerprint density at radius 1 is 0.500 bits per heavy atom. The molecule has 2 nitrogen and oxygen atoms in total. The molecule has 0 aliphatic carbocycles. The Hall–Kier alpha value is -3.62. The van der Waals surface area contributed by atoms with Gasteiger partial charge < -0.3 is 10.2 Å². The van der Waals surface area contributed by atoms with Crippen molar-refractivity contribution in [2.24, 2.45) is 0 Å². The third-order valence-corrected chi connectivity index (χ3v) is 3.34. The van der Waals surface area contributed by atoms with Gasteiger partial charge in [-0.15, -0.1) is 0 Å². The van der Waals surface area contributed by atoms with Crippen LogP contribution in [-0.4, -0.2) is 10.2 Å². The number of aromatic hydroxyl groups is 2. The number of hydrogen-bond acceptors (Lipinski definition) is 2. The molecule has 114 valence electrons. The average molecular weight is 310 g/mol. The highest BCUT2D eigenvalue weighted by Crippen LogP contribution is 2.26. The van der Waals surface area contributed by atoms with Crippen molar-refractivity contribution < 1.29 is 10.2 Å².